The van der Waals surface area contributed by atoms with Gasteiger partial charge in [-0.15, -0.1) is 18.2 Å². The van der Waals surface area contributed by atoms with E-state index in [1.165, 1.54) is 23.9 Å². The summed E-state index contributed by atoms with van der Waals surface area (Å²) in [6, 6.07) is 35.6. The van der Waals surface area contributed by atoms with Gasteiger partial charge in [-0.2, -0.15) is 24.3 Å². The number of fused-ring (bicyclic) bond motifs is 3. The standard InChI is InChI=1S/C32H24N4O.Pt/c1-2-11-29-27(10-1)28-14-13-24(23-8-7-9-26(20-23)37-32-12-3-4-16-34-32)21-30(28)36(29)31-22-25(15-17-33-31)35-18-5-6-19-35;/h1-4,7-17,22H,5-6,18-19H2;/q-2;+2. The molecule has 3 aromatic carbocycles. The number of anilines is 1. The van der Waals surface area contributed by atoms with Gasteiger partial charge >= 0.3 is 21.1 Å². The first-order valence-corrected chi connectivity index (χ1v) is 12.6. The van der Waals surface area contributed by atoms with E-state index < -0.39 is 0 Å². The van der Waals surface area contributed by atoms with Crippen LogP contribution in [0.4, 0.5) is 5.69 Å². The third-order valence-corrected chi connectivity index (χ3v) is 6.92. The second-order valence-electron chi connectivity index (χ2n) is 9.25. The van der Waals surface area contributed by atoms with E-state index in [0.717, 1.165) is 46.5 Å². The van der Waals surface area contributed by atoms with Gasteiger partial charge in [-0.05, 0) is 41.9 Å². The third kappa shape index (κ3) is 4.48. The fourth-order valence-corrected chi connectivity index (χ4v) is 5.17. The third-order valence-electron chi connectivity index (χ3n) is 6.92. The van der Waals surface area contributed by atoms with E-state index in [1.54, 1.807) is 6.20 Å². The molecule has 3 aromatic heterocycles. The second kappa shape index (κ2) is 10.4. The van der Waals surface area contributed by atoms with Crippen molar-refractivity contribution in [2.45, 2.75) is 12.8 Å². The molecule has 1 saturated heterocycles. The summed E-state index contributed by atoms with van der Waals surface area (Å²) in [6.07, 6.45) is 6.11. The van der Waals surface area contributed by atoms with Crippen molar-refractivity contribution in [1.29, 1.82) is 0 Å². The number of benzene rings is 3. The molecule has 0 saturated carbocycles. The molecule has 7 rings (SSSR count). The molecule has 6 aromatic rings. The molecule has 0 unspecified atom stereocenters. The minimum atomic E-state index is 0. The van der Waals surface area contributed by atoms with Gasteiger partial charge in [-0.1, -0.05) is 29.7 Å². The molecule has 0 N–H and O–H groups in total. The van der Waals surface area contributed by atoms with Gasteiger partial charge in [0, 0.05) is 54.6 Å². The van der Waals surface area contributed by atoms with Gasteiger partial charge in [0.25, 0.3) is 0 Å². The van der Waals surface area contributed by atoms with E-state index >= 15 is 0 Å². The minimum absolute atomic E-state index is 0. The topological polar surface area (TPSA) is 43.2 Å². The molecule has 0 bridgehead atoms. The monoisotopic (exact) mass is 675 g/mol. The normalized spacial score (nSPS) is 13.1. The molecule has 188 valence electrons. The summed E-state index contributed by atoms with van der Waals surface area (Å²) in [6.45, 7) is 2.19. The predicted octanol–water partition coefficient (Wildman–Crippen LogP) is 7.23. The Balaban J connectivity index is 0.00000264. The van der Waals surface area contributed by atoms with E-state index in [0.29, 0.717) is 11.6 Å². The largest absolute Gasteiger partial charge is 2.00 e. The van der Waals surface area contributed by atoms with Gasteiger partial charge < -0.3 is 14.2 Å². The van der Waals surface area contributed by atoms with Crippen LogP contribution in [0.25, 0.3) is 38.8 Å². The summed E-state index contributed by atoms with van der Waals surface area (Å²) in [4.78, 5) is 11.5. The first-order chi connectivity index (χ1) is 18.3. The van der Waals surface area contributed by atoms with Crippen molar-refractivity contribution >= 4 is 27.5 Å². The van der Waals surface area contributed by atoms with Crippen LogP contribution in [0.15, 0.2) is 97.3 Å². The maximum atomic E-state index is 5.93. The van der Waals surface area contributed by atoms with Crippen LogP contribution in [0, 0.1) is 12.1 Å². The molecule has 0 radical (unpaired) electrons. The number of pyridine rings is 2. The smallest absolute Gasteiger partial charge is 0.460 e. The predicted molar refractivity (Wildman–Crippen MR) is 147 cm³/mol. The Morgan fingerprint density at radius 2 is 1.55 bits per heavy atom. The van der Waals surface area contributed by atoms with E-state index in [4.69, 9.17) is 9.72 Å². The molecule has 0 atom stereocenters. The van der Waals surface area contributed by atoms with Crippen LogP contribution in [0.3, 0.4) is 0 Å². The van der Waals surface area contributed by atoms with Crippen molar-refractivity contribution in [2.75, 3.05) is 18.0 Å². The Labute approximate surface area is 236 Å². The summed E-state index contributed by atoms with van der Waals surface area (Å²) >= 11 is 0. The van der Waals surface area contributed by atoms with Crippen LogP contribution in [-0.4, -0.2) is 27.6 Å². The summed E-state index contributed by atoms with van der Waals surface area (Å²) in [5, 5.41) is 2.33. The molecule has 6 heteroatoms. The van der Waals surface area contributed by atoms with Gasteiger partial charge in [-0.25, -0.2) is 21.1 Å². The van der Waals surface area contributed by atoms with Crippen molar-refractivity contribution in [3.63, 3.8) is 0 Å². The number of para-hydroxylation sites is 1. The molecular formula is C32H24N4OPt. The van der Waals surface area contributed by atoms with Gasteiger partial charge in [0.2, 0.25) is 5.88 Å². The van der Waals surface area contributed by atoms with Crippen LogP contribution in [0.1, 0.15) is 12.8 Å². The maximum Gasteiger partial charge on any atom is 2.00 e. The van der Waals surface area contributed by atoms with Crippen LogP contribution in [0.2, 0.25) is 0 Å². The summed E-state index contributed by atoms with van der Waals surface area (Å²) in [5.74, 6) is 2.06. The van der Waals surface area contributed by atoms with E-state index in [2.05, 4.69) is 75.1 Å². The Hall–Kier alpha value is -3.95. The Morgan fingerprint density at radius 1 is 0.711 bits per heavy atom. The van der Waals surface area contributed by atoms with Crippen LogP contribution >= 0.6 is 0 Å². The zero-order valence-electron chi connectivity index (χ0n) is 20.6. The summed E-state index contributed by atoms with van der Waals surface area (Å²) < 4.78 is 8.15. The number of ether oxygens (including phenoxy) is 1. The van der Waals surface area contributed by atoms with E-state index in [1.807, 2.05) is 42.6 Å². The fraction of sp³-hybridized carbons (Fsp3) is 0.125. The molecule has 0 aliphatic carbocycles. The van der Waals surface area contributed by atoms with Crippen molar-refractivity contribution in [3.05, 3.63) is 109 Å². The van der Waals surface area contributed by atoms with Crippen molar-refractivity contribution in [1.82, 2.24) is 14.5 Å². The quantitative estimate of drug-likeness (QED) is 0.181. The number of rotatable bonds is 5. The van der Waals surface area contributed by atoms with Crippen LogP contribution in [0.5, 0.6) is 11.6 Å². The molecule has 0 amide bonds. The van der Waals surface area contributed by atoms with E-state index in [9.17, 15) is 0 Å². The van der Waals surface area contributed by atoms with Crippen molar-refractivity contribution in [2.24, 2.45) is 0 Å². The van der Waals surface area contributed by atoms with E-state index in [-0.39, 0.29) is 21.1 Å². The molecule has 38 heavy (non-hydrogen) atoms. The number of hydrogen-bond donors (Lipinski definition) is 0. The molecule has 4 heterocycles. The molecule has 1 fully saturated rings. The van der Waals surface area contributed by atoms with Gasteiger partial charge in [-0.3, -0.25) is 0 Å². The van der Waals surface area contributed by atoms with Crippen molar-refractivity contribution in [3.8, 4) is 28.6 Å². The van der Waals surface area contributed by atoms with Gasteiger partial charge in [0.05, 0.1) is 0 Å². The zero-order chi connectivity index (χ0) is 24.6. The first-order valence-electron chi connectivity index (χ1n) is 12.6. The average Bonchev–Trinajstić information content (AvgIpc) is 3.60. The molecule has 0 spiro atoms. The zero-order valence-corrected chi connectivity index (χ0v) is 22.9. The summed E-state index contributed by atoms with van der Waals surface area (Å²) in [5.41, 5.74) is 5.18. The number of aromatic nitrogens is 3. The SMILES string of the molecule is [Pt+2].[c-]1c(Oc2ccccn2)cccc1-c1[c-]c2c(cc1)c1ccccc1n2-c1cc(N2CCCC2)ccn1. The second-order valence-corrected chi connectivity index (χ2v) is 9.25. The number of hydrogen-bond acceptors (Lipinski definition) is 4. The number of nitrogens with zero attached hydrogens (tertiary/aromatic N) is 4. The van der Waals surface area contributed by atoms with Gasteiger partial charge in [0.15, 0.2) is 0 Å². The molecular weight excluding hydrogens is 651 g/mol. The first kappa shape index (κ1) is 24.4. The van der Waals surface area contributed by atoms with Gasteiger partial charge in [0.1, 0.15) is 5.82 Å². The Bertz CT molecular complexity index is 1720. The molecule has 5 nitrogen and oxygen atoms in total. The molecule has 1 aliphatic rings. The molecule has 1 aliphatic heterocycles. The Kier molecular flexibility index (Phi) is 6.69. The average molecular weight is 676 g/mol. The summed E-state index contributed by atoms with van der Waals surface area (Å²) in [7, 11) is 0. The fourth-order valence-electron chi connectivity index (χ4n) is 5.17. The van der Waals surface area contributed by atoms with Crippen LogP contribution in [-0.2, 0) is 21.1 Å². The maximum absolute atomic E-state index is 5.93. The van der Waals surface area contributed by atoms with Crippen molar-refractivity contribution < 1.29 is 25.8 Å². The minimum Gasteiger partial charge on any atom is -0.460 e. The van der Waals surface area contributed by atoms with Crippen LogP contribution < -0.4 is 9.64 Å². The Morgan fingerprint density at radius 3 is 2.42 bits per heavy atom.